The van der Waals surface area contributed by atoms with Crippen LogP contribution in [0.3, 0.4) is 0 Å². The van der Waals surface area contributed by atoms with E-state index in [1.807, 2.05) is 0 Å². The van der Waals surface area contributed by atoms with Crippen molar-refractivity contribution in [3.05, 3.63) is 0 Å². The molecule has 0 aliphatic rings. The second-order valence-corrected chi connectivity index (χ2v) is 3.06. The van der Waals surface area contributed by atoms with Crippen molar-refractivity contribution in [1.82, 2.24) is 5.23 Å². The van der Waals surface area contributed by atoms with Gasteiger partial charge in [0.2, 0.25) is 0 Å². The van der Waals surface area contributed by atoms with Gasteiger partial charge in [0, 0.05) is 10.2 Å². The van der Waals surface area contributed by atoms with E-state index in [0.717, 1.165) is 5.23 Å². The lowest BCUT2D eigenvalue weighted by Gasteiger charge is -2.10. The first-order valence-corrected chi connectivity index (χ1v) is 5.63. The third-order valence-corrected chi connectivity index (χ3v) is 2.20. The van der Waals surface area contributed by atoms with Crippen molar-refractivity contribution in [2.24, 2.45) is 0 Å². The molecule has 0 aromatic carbocycles. The van der Waals surface area contributed by atoms with Crippen LogP contribution in [0.5, 0.6) is 0 Å². The van der Waals surface area contributed by atoms with Crippen molar-refractivity contribution < 1.29 is 9.68 Å². The molecule has 0 N–H and O–H groups in total. The zero-order valence-electron chi connectivity index (χ0n) is 7.76. The summed E-state index contributed by atoms with van der Waals surface area (Å²) in [6.45, 7) is 2.22. The largest absolute Gasteiger partial charge is 0.277 e. The van der Waals surface area contributed by atoms with Crippen LogP contribution in [0.4, 0.5) is 0 Å². The van der Waals surface area contributed by atoms with Crippen LogP contribution in [0.15, 0.2) is 0 Å². The number of halogens is 1. The molecule has 0 bridgehead atoms. The number of hydrogen-bond acceptors (Lipinski definition) is 3. The first-order chi connectivity index (χ1) is 5.26. The number of hydrogen-bond donors (Lipinski definition) is 0. The minimum absolute atomic E-state index is 0.215. The fourth-order valence-electron chi connectivity index (χ4n) is 0.172. The molecule has 0 aromatic rings. The number of rotatable bonds is 4. The van der Waals surface area contributed by atoms with Gasteiger partial charge in [0.05, 0.1) is 14.2 Å². The van der Waals surface area contributed by atoms with Crippen LogP contribution in [0.2, 0.25) is 6.04 Å². The third-order valence-electron chi connectivity index (χ3n) is 1.00. The fourth-order valence-corrected chi connectivity index (χ4v) is 0.367. The summed E-state index contributed by atoms with van der Waals surface area (Å²) in [6, 6.07) is 1.67. The van der Waals surface area contributed by atoms with Gasteiger partial charge >= 0.3 is 0 Å². The van der Waals surface area contributed by atoms with Crippen LogP contribution >= 0.6 is 11.6 Å². The highest BCUT2D eigenvalue weighted by Gasteiger charge is 1.92. The molecule has 0 atom stereocenters. The lowest BCUT2D eigenvalue weighted by Crippen LogP contribution is -2.18. The van der Waals surface area contributed by atoms with Crippen LogP contribution in [0.25, 0.3) is 0 Å². The Balaban J connectivity index is 0. The molecule has 0 saturated carbocycles. The summed E-state index contributed by atoms with van der Waals surface area (Å²) in [5, 5.41) is 1.14. The molecule has 70 valence electrons. The van der Waals surface area contributed by atoms with Gasteiger partial charge < -0.3 is 0 Å². The predicted molar refractivity (Wildman–Crippen MR) is 51.6 cm³/mol. The first kappa shape index (κ1) is 13.9. The molecule has 0 fully saturated rings. The zero-order chi connectivity index (χ0) is 9.11. The topological polar surface area (TPSA) is 21.7 Å². The van der Waals surface area contributed by atoms with E-state index in [0.29, 0.717) is 0 Å². The van der Waals surface area contributed by atoms with Crippen LogP contribution in [0.1, 0.15) is 13.3 Å². The minimum Gasteiger partial charge on any atom is -0.277 e. The summed E-state index contributed by atoms with van der Waals surface area (Å²) < 4.78 is 0. The molecular formula is C6H18ClNO2Si. The van der Waals surface area contributed by atoms with Crippen molar-refractivity contribution in [1.29, 1.82) is 0 Å². The van der Waals surface area contributed by atoms with E-state index in [2.05, 4.69) is 16.6 Å². The van der Waals surface area contributed by atoms with Gasteiger partial charge in [0.25, 0.3) is 0 Å². The van der Waals surface area contributed by atoms with Gasteiger partial charge in [-0.15, -0.1) is 11.6 Å². The normalized spacial score (nSPS) is 9.55. The van der Waals surface area contributed by atoms with Gasteiger partial charge in [-0.2, -0.15) is 0 Å². The van der Waals surface area contributed by atoms with E-state index in [-0.39, 0.29) is 6.00 Å². The Kier molecular flexibility index (Phi) is 16.5. The van der Waals surface area contributed by atoms with Crippen LogP contribution in [-0.2, 0) is 9.68 Å². The van der Waals surface area contributed by atoms with Crippen LogP contribution in [-0.4, -0.2) is 35.7 Å². The van der Waals surface area contributed by atoms with Crippen molar-refractivity contribution in [3.8, 4) is 0 Å². The average molecular weight is 200 g/mol. The summed E-state index contributed by atoms with van der Waals surface area (Å²) >= 11 is 5.24. The van der Waals surface area contributed by atoms with Crippen molar-refractivity contribution >= 4 is 21.8 Å². The molecule has 0 heterocycles. The van der Waals surface area contributed by atoms with E-state index >= 15 is 0 Å². The van der Waals surface area contributed by atoms with Gasteiger partial charge in [-0.25, -0.2) is 0 Å². The predicted octanol–water partition coefficient (Wildman–Crippen LogP) is 0.788. The molecule has 3 nitrogen and oxygen atoms in total. The number of nitrogens with zero attached hydrogens (tertiary/aromatic N) is 1. The summed E-state index contributed by atoms with van der Waals surface area (Å²) in [5.41, 5.74) is 0. The lowest BCUT2D eigenvalue weighted by molar-refractivity contribution is -0.331. The smallest absolute Gasteiger partial charge is 0.126 e. The molecule has 0 radical (unpaired) electrons. The van der Waals surface area contributed by atoms with Gasteiger partial charge in [-0.3, -0.25) is 9.68 Å². The van der Waals surface area contributed by atoms with Crippen molar-refractivity contribution in [2.45, 2.75) is 19.4 Å². The quantitative estimate of drug-likeness (QED) is 0.289. The van der Waals surface area contributed by atoms with Crippen molar-refractivity contribution in [2.75, 3.05) is 20.2 Å². The molecule has 0 unspecified atom stereocenters. The molecule has 0 aromatic heterocycles. The van der Waals surface area contributed by atoms with Gasteiger partial charge in [-0.05, 0) is 0 Å². The third kappa shape index (κ3) is 13.4. The Bertz CT molecular complexity index is 57.0. The fraction of sp³-hybridized carbons (Fsp3) is 1.00. The highest BCUT2D eigenvalue weighted by Crippen LogP contribution is 1.87. The zero-order valence-corrected chi connectivity index (χ0v) is 10.5. The van der Waals surface area contributed by atoms with Crippen LogP contribution in [0, 0.1) is 0 Å². The van der Waals surface area contributed by atoms with E-state index in [4.69, 9.17) is 11.6 Å². The molecule has 0 amide bonds. The van der Waals surface area contributed by atoms with E-state index < -0.39 is 0 Å². The number of alkyl halides is 1. The molecule has 11 heavy (non-hydrogen) atoms. The number of hydroxylamine groups is 2. The monoisotopic (exact) mass is 199 g/mol. The Hall–Kier alpha value is 0.387. The Morgan fingerprint density at radius 3 is 1.73 bits per heavy atom. The van der Waals surface area contributed by atoms with E-state index in [1.54, 1.807) is 0 Å². The standard InChI is InChI=1S/C3H8ClNO2.C3H10Si/c1-6-5(3-4)7-2;1-2-3-4/h3H2,1-2H3;2-3H2,1,4H3. The van der Waals surface area contributed by atoms with Gasteiger partial charge in [0.1, 0.15) is 6.00 Å². The van der Waals surface area contributed by atoms with Crippen molar-refractivity contribution in [3.63, 3.8) is 0 Å². The summed E-state index contributed by atoms with van der Waals surface area (Å²) in [5.74, 6) is 0. The molecule has 0 saturated heterocycles. The van der Waals surface area contributed by atoms with Crippen LogP contribution < -0.4 is 0 Å². The maximum atomic E-state index is 5.24. The maximum absolute atomic E-state index is 5.24. The summed E-state index contributed by atoms with van der Waals surface area (Å²) in [6.07, 6.45) is 1.38. The Morgan fingerprint density at radius 2 is 1.73 bits per heavy atom. The average Bonchev–Trinajstić information content (AvgIpc) is 2.08. The summed E-state index contributed by atoms with van der Waals surface area (Å²) in [7, 11) is 4.35. The molecule has 0 spiro atoms. The molecule has 5 heteroatoms. The first-order valence-electron chi connectivity index (χ1n) is 3.68. The summed E-state index contributed by atoms with van der Waals surface area (Å²) in [4.78, 5) is 9.06. The molecule has 0 aliphatic carbocycles. The molecule has 0 aliphatic heterocycles. The Morgan fingerprint density at radius 1 is 1.36 bits per heavy atom. The lowest BCUT2D eigenvalue weighted by atomic mass is 10.6. The highest BCUT2D eigenvalue weighted by molar-refractivity contribution is 6.17. The second-order valence-electron chi connectivity index (χ2n) is 1.82. The maximum Gasteiger partial charge on any atom is 0.126 e. The van der Waals surface area contributed by atoms with E-state index in [9.17, 15) is 0 Å². The minimum atomic E-state index is 0.215. The second kappa shape index (κ2) is 13.0. The van der Waals surface area contributed by atoms with E-state index in [1.165, 1.54) is 36.9 Å². The highest BCUT2D eigenvalue weighted by atomic mass is 35.5. The molecular weight excluding hydrogens is 182 g/mol. The van der Waals surface area contributed by atoms with Gasteiger partial charge in [0.15, 0.2) is 0 Å². The van der Waals surface area contributed by atoms with Gasteiger partial charge in [-0.1, -0.05) is 24.6 Å². The SMILES string of the molecule is CCC[SiH3].CON(CCl)OC. The molecule has 0 rings (SSSR count). The Labute approximate surface area is 76.9 Å².